The number of ether oxygens (including phenoxy) is 1. The van der Waals surface area contributed by atoms with E-state index >= 15 is 0 Å². The lowest BCUT2D eigenvalue weighted by Crippen LogP contribution is -2.44. The van der Waals surface area contributed by atoms with Crippen LogP contribution < -0.4 is 10.6 Å². The Morgan fingerprint density at radius 1 is 1.23 bits per heavy atom. The molecule has 1 heterocycles. The van der Waals surface area contributed by atoms with Crippen molar-refractivity contribution in [3.8, 4) is 0 Å². The van der Waals surface area contributed by atoms with Crippen LogP contribution in [0.15, 0.2) is 29.3 Å². The normalized spacial score (nSPS) is 21.0. The second kappa shape index (κ2) is 9.38. The van der Waals surface area contributed by atoms with Crippen molar-refractivity contribution in [1.82, 2.24) is 10.6 Å². The molecule has 1 unspecified atom stereocenters. The van der Waals surface area contributed by atoms with E-state index < -0.39 is 0 Å². The van der Waals surface area contributed by atoms with Gasteiger partial charge in [0.1, 0.15) is 0 Å². The van der Waals surface area contributed by atoms with Crippen LogP contribution in [0.3, 0.4) is 0 Å². The molecule has 1 atom stereocenters. The number of rotatable bonds is 7. The largest absolute Gasteiger partial charge is 0.396 e. The summed E-state index contributed by atoms with van der Waals surface area (Å²) < 4.78 is 5.56. The monoisotopic (exact) mass is 361 g/mol. The van der Waals surface area contributed by atoms with E-state index in [1.165, 1.54) is 11.1 Å². The van der Waals surface area contributed by atoms with E-state index in [1.807, 2.05) is 0 Å². The molecular formula is C21H35N3O2. The number of benzene rings is 1. The molecule has 1 aliphatic heterocycles. The van der Waals surface area contributed by atoms with Crippen LogP contribution in [0, 0.1) is 5.41 Å². The van der Waals surface area contributed by atoms with Gasteiger partial charge in [-0.1, -0.05) is 45.0 Å². The summed E-state index contributed by atoms with van der Waals surface area (Å²) in [5, 5.41) is 16.1. The quantitative estimate of drug-likeness (QED) is 0.516. The summed E-state index contributed by atoms with van der Waals surface area (Å²) in [5.41, 5.74) is 2.72. The Balaban J connectivity index is 1.97. The number of aliphatic hydroxyl groups excluding tert-OH is 1. The van der Waals surface area contributed by atoms with Gasteiger partial charge in [0.05, 0.1) is 13.2 Å². The van der Waals surface area contributed by atoms with Gasteiger partial charge in [0.25, 0.3) is 0 Å². The Bertz CT molecular complexity index is 570. The molecule has 0 radical (unpaired) electrons. The van der Waals surface area contributed by atoms with Crippen molar-refractivity contribution >= 4 is 5.96 Å². The maximum Gasteiger partial charge on any atom is 0.191 e. The van der Waals surface area contributed by atoms with Gasteiger partial charge >= 0.3 is 0 Å². The van der Waals surface area contributed by atoms with E-state index in [4.69, 9.17) is 9.73 Å². The zero-order chi connectivity index (χ0) is 19.0. The molecule has 146 valence electrons. The van der Waals surface area contributed by atoms with E-state index in [9.17, 15) is 5.11 Å². The predicted octanol–water partition coefficient (Wildman–Crippen LogP) is 2.83. The summed E-state index contributed by atoms with van der Waals surface area (Å²) in [6, 6.07) is 8.70. The lowest BCUT2D eigenvalue weighted by atomic mass is 9.84. The molecule has 5 heteroatoms. The molecule has 1 aromatic carbocycles. The van der Waals surface area contributed by atoms with Crippen molar-refractivity contribution in [2.75, 3.05) is 32.9 Å². The van der Waals surface area contributed by atoms with E-state index in [-0.39, 0.29) is 17.4 Å². The summed E-state index contributed by atoms with van der Waals surface area (Å²) in [6.07, 6.45) is 1.74. The Hall–Kier alpha value is -1.59. The minimum Gasteiger partial charge on any atom is -0.396 e. The lowest BCUT2D eigenvalue weighted by Gasteiger charge is -2.27. The maximum absolute atomic E-state index is 9.36. The van der Waals surface area contributed by atoms with Crippen molar-refractivity contribution in [2.24, 2.45) is 10.4 Å². The van der Waals surface area contributed by atoms with Crippen molar-refractivity contribution in [3.05, 3.63) is 35.4 Å². The molecule has 0 spiro atoms. The molecule has 1 saturated heterocycles. The molecule has 2 rings (SSSR count). The molecule has 1 fully saturated rings. The highest BCUT2D eigenvalue weighted by Gasteiger charge is 2.34. The number of hydrogen-bond acceptors (Lipinski definition) is 3. The van der Waals surface area contributed by atoms with Gasteiger partial charge in [0, 0.05) is 31.7 Å². The number of nitrogens with zero attached hydrogens (tertiary/aromatic N) is 1. The average Bonchev–Trinajstić information content (AvgIpc) is 3.06. The van der Waals surface area contributed by atoms with Gasteiger partial charge in [-0.05, 0) is 36.3 Å². The fraction of sp³-hybridized carbons (Fsp3) is 0.667. The Morgan fingerprint density at radius 3 is 2.50 bits per heavy atom. The van der Waals surface area contributed by atoms with Gasteiger partial charge in [0.2, 0.25) is 0 Å². The number of nitrogens with one attached hydrogen (secondary N) is 2. The fourth-order valence-corrected chi connectivity index (χ4v) is 3.21. The zero-order valence-corrected chi connectivity index (χ0v) is 16.8. The molecule has 0 aromatic heterocycles. The van der Waals surface area contributed by atoms with E-state index in [2.05, 4.69) is 62.6 Å². The number of aliphatic imine (C=N–C) groups is 1. The maximum atomic E-state index is 9.36. The van der Waals surface area contributed by atoms with E-state index in [0.29, 0.717) is 13.2 Å². The first kappa shape index (κ1) is 20.7. The molecule has 0 bridgehead atoms. The first-order valence-corrected chi connectivity index (χ1v) is 9.69. The number of aliphatic hydroxyl groups is 1. The Kier molecular flexibility index (Phi) is 7.47. The van der Waals surface area contributed by atoms with Gasteiger partial charge in [-0.15, -0.1) is 0 Å². The topological polar surface area (TPSA) is 65.9 Å². The molecular weight excluding hydrogens is 326 g/mol. The smallest absolute Gasteiger partial charge is 0.191 e. The Labute approximate surface area is 158 Å². The third-order valence-electron chi connectivity index (χ3n) is 5.04. The fourth-order valence-electron chi connectivity index (χ4n) is 3.21. The molecule has 5 nitrogen and oxygen atoms in total. The third-order valence-corrected chi connectivity index (χ3v) is 5.04. The van der Waals surface area contributed by atoms with Crippen LogP contribution in [-0.4, -0.2) is 44.0 Å². The van der Waals surface area contributed by atoms with Crippen molar-refractivity contribution in [2.45, 2.75) is 52.5 Å². The summed E-state index contributed by atoms with van der Waals surface area (Å²) in [4.78, 5) is 4.72. The van der Waals surface area contributed by atoms with Crippen LogP contribution in [0.2, 0.25) is 0 Å². The summed E-state index contributed by atoms with van der Waals surface area (Å²) >= 11 is 0. The molecule has 0 amide bonds. The number of hydrogen-bond donors (Lipinski definition) is 3. The SMILES string of the molecule is CCNC(=NCc1ccc(C(C)(C)C)cc1)NCC1(CCO)CCOC1. The van der Waals surface area contributed by atoms with Gasteiger partial charge in [-0.3, -0.25) is 0 Å². The van der Waals surface area contributed by atoms with E-state index in [1.54, 1.807) is 0 Å². The van der Waals surface area contributed by atoms with Crippen molar-refractivity contribution < 1.29 is 9.84 Å². The minimum absolute atomic E-state index is 0.0132. The van der Waals surface area contributed by atoms with Gasteiger partial charge < -0.3 is 20.5 Å². The second-order valence-corrected chi connectivity index (χ2v) is 8.27. The van der Waals surface area contributed by atoms with Gasteiger partial charge in [0.15, 0.2) is 5.96 Å². The van der Waals surface area contributed by atoms with Crippen LogP contribution in [0.1, 0.15) is 51.7 Å². The molecule has 0 saturated carbocycles. The van der Waals surface area contributed by atoms with Crippen molar-refractivity contribution in [1.29, 1.82) is 0 Å². The molecule has 1 aromatic rings. The highest BCUT2D eigenvalue weighted by Crippen LogP contribution is 2.31. The van der Waals surface area contributed by atoms with Gasteiger partial charge in [-0.25, -0.2) is 4.99 Å². The van der Waals surface area contributed by atoms with Crippen LogP contribution >= 0.6 is 0 Å². The number of guanidine groups is 1. The average molecular weight is 362 g/mol. The summed E-state index contributed by atoms with van der Waals surface area (Å²) in [6.45, 7) is 12.6. The second-order valence-electron chi connectivity index (χ2n) is 8.27. The van der Waals surface area contributed by atoms with Gasteiger partial charge in [-0.2, -0.15) is 0 Å². The highest BCUT2D eigenvalue weighted by molar-refractivity contribution is 5.79. The lowest BCUT2D eigenvalue weighted by molar-refractivity contribution is 0.127. The van der Waals surface area contributed by atoms with Crippen molar-refractivity contribution in [3.63, 3.8) is 0 Å². The molecule has 1 aliphatic rings. The minimum atomic E-state index is 0.0132. The van der Waals surface area contributed by atoms with Crippen LogP contribution in [0.4, 0.5) is 0 Å². The standard InChI is InChI=1S/C21H35N3O2/c1-5-22-19(24-15-21(10-12-25)11-13-26-16-21)23-14-17-6-8-18(9-7-17)20(2,3)4/h6-9,25H,5,10-16H2,1-4H3,(H2,22,23,24). The summed E-state index contributed by atoms with van der Waals surface area (Å²) in [7, 11) is 0. The summed E-state index contributed by atoms with van der Waals surface area (Å²) in [5.74, 6) is 0.816. The molecule has 3 N–H and O–H groups in total. The van der Waals surface area contributed by atoms with E-state index in [0.717, 1.165) is 38.5 Å². The van der Waals surface area contributed by atoms with Crippen LogP contribution in [0.25, 0.3) is 0 Å². The molecule has 0 aliphatic carbocycles. The zero-order valence-electron chi connectivity index (χ0n) is 16.8. The Morgan fingerprint density at radius 2 is 1.96 bits per heavy atom. The first-order chi connectivity index (χ1) is 12.4. The highest BCUT2D eigenvalue weighted by atomic mass is 16.5. The van der Waals surface area contributed by atoms with Crippen LogP contribution in [0.5, 0.6) is 0 Å². The third kappa shape index (κ3) is 5.99. The first-order valence-electron chi connectivity index (χ1n) is 9.69. The predicted molar refractivity (Wildman–Crippen MR) is 108 cm³/mol. The molecule has 26 heavy (non-hydrogen) atoms. The van der Waals surface area contributed by atoms with Crippen LogP contribution in [-0.2, 0) is 16.7 Å².